The molecule has 1 aromatic rings. The van der Waals surface area contributed by atoms with E-state index >= 15 is 0 Å². The Morgan fingerprint density at radius 3 is 2.30 bits per heavy atom. The predicted molar refractivity (Wildman–Crippen MR) is 75.4 cm³/mol. The van der Waals surface area contributed by atoms with Crippen molar-refractivity contribution in [3.63, 3.8) is 0 Å². The van der Waals surface area contributed by atoms with E-state index in [4.69, 9.17) is 0 Å². The van der Waals surface area contributed by atoms with Crippen molar-refractivity contribution in [1.29, 1.82) is 0 Å². The van der Waals surface area contributed by atoms with Crippen molar-refractivity contribution in [3.8, 4) is 0 Å². The lowest BCUT2D eigenvalue weighted by molar-refractivity contribution is -0.143. The second-order valence-electron chi connectivity index (χ2n) is 5.32. The molecule has 1 aliphatic rings. The summed E-state index contributed by atoms with van der Waals surface area (Å²) < 4.78 is 0. The summed E-state index contributed by atoms with van der Waals surface area (Å²) in [6.45, 7) is 3.64. The fraction of sp³-hybridized carbons (Fsp3) is 0.438. The zero-order chi connectivity index (χ0) is 14.7. The van der Waals surface area contributed by atoms with Gasteiger partial charge in [0.15, 0.2) is 5.78 Å². The van der Waals surface area contributed by atoms with E-state index in [1.807, 2.05) is 32.0 Å². The summed E-state index contributed by atoms with van der Waals surface area (Å²) in [6, 6.07) is 5.63. The summed E-state index contributed by atoms with van der Waals surface area (Å²) in [5.41, 5.74) is 2.46. The second kappa shape index (κ2) is 5.99. The monoisotopic (exact) mass is 273 g/mol. The van der Waals surface area contributed by atoms with Crippen molar-refractivity contribution in [1.82, 2.24) is 4.90 Å². The van der Waals surface area contributed by atoms with Crippen molar-refractivity contribution in [2.24, 2.45) is 0 Å². The van der Waals surface area contributed by atoms with Crippen LogP contribution in [0.2, 0.25) is 0 Å². The van der Waals surface area contributed by atoms with Crippen LogP contribution in [0.4, 0.5) is 0 Å². The average Bonchev–Trinajstić information content (AvgIpc) is 2.56. The Hall–Kier alpha value is -1.97. The number of carbonyl (C=O) groups is 3. The maximum Gasteiger partial charge on any atom is 0.229 e. The van der Waals surface area contributed by atoms with Gasteiger partial charge in [0.2, 0.25) is 11.8 Å². The van der Waals surface area contributed by atoms with Crippen molar-refractivity contribution in [3.05, 3.63) is 34.9 Å². The van der Waals surface area contributed by atoms with Crippen LogP contribution in [-0.2, 0) is 9.59 Å². The predicted octanol–water partition coefficient (Wildman–Crippen LogP) is 2.42. The molecule has 0 unspecified atom stereocenters. The molecule has 106 valence electrons. The number of imide groups is 1. The normalized spacial score (nSPS) is 16.2. The minimum atomic E-state index is -0.230. The highest BCUT2D eigenvalue weighted by atomic mass is 16.2. The molecule has 20 heavy (non-hydrogen) atoms. The van der Waals surface area contributed by atoms with E-state index in [1.165, 1.54) is 0 Å². The summed E-state index contributed by atoms with van der Waals surface area (Å²) in [5.74, 6) is -0.632. The first-order valence-electron chi connectivity index (χ1n) is 6.92. The zero-order valence-corrected chi connectivity index (χ0v) is 11.9. The average molecular weight is 273 g/mol. The van der Waals surface area contributed by atoms with Crippen LogP contribution in [0.5, 0.6) is 0 Å². The fourth-order valence-electron chi connectivity index (χ4n) is 2.40. The fourth-order valence-corrected chi connectivity index (χ4v) is 2.40. The Balaban J connectivity index is 2.19. The van der Waals surface area contributed by atoms with Crippen molar-refractivity contribution < 1.29 is 14.4 Å². The number of nitrogens with zero attached hydrogens (tertiary/aromatic N) is 1. The minimum absolute atomic E-state index is 0.137. The van der Waals surface area contributed by atoms with E-state index in [0.717, 1.165) is 28.9 Å². The highest BCUT2D eigenvalue weighted by Gasteiger charge is 2.26. The molecule has 0 saturated carbocycles. The van der Waals surface area contributed by atoms with Crippen LogP contribution in [0, 0.1) is 13.8 Å². The molecule has 0 atom stereocenters. The number of aryl methyl sites for hydroxylation is 2. The molecule has 2 amide bonds. The summed E-state index contributed by atoms with van der Waals surface area (Å²) in [7, 11) is 0. The molecule has 1 fully saturated rings. The maximum absolute atomic E-state index is 12.3. The quantitative estimate of drug-likeness (QED) is 0.627. The molecule has 0 radical (unpaired) electrons. The molecule has 0 aromatic heterocycles. The summed E-state index contributed by atoms with van der Waals surface area (Å²) >= 11 is 0. The van der Waals surface area contributed by atoms with Crippen molar-refractivity contribution >= 4 is 17.6 Å². The van der Waals surface area contributed by atoms with E-state index < -0.39 is 0 Å². The zero-order valence-electron chi connectivity index (χ0n) is 11.9. The third kappa shape index (κ3) is 3.13. The Bertz CT molecular complexity index is 545. The number of likely N-dealkylation sites (tertiary alicyclic amines) is 1. The Kier molecular flexibility index (Phi) is 4.32. The molecule has 1 aliphatic heterocycles. The summed E-state index contributed by atoms with van der Waals surface area (Å²) in [5, 5.41) is 0. The first-order valence-corrected chi connectivity index (χ1v) is 6.92. The van der Waals surface area contributed by atoms with Gasteiger partial charge in [-0.2, -0.15) is 0 Å². The topological polar surface area (TPSA) is 54.5 Å². The maximum atomic E-state index is 12.3. The van der Waals surface area contributed by atoms with Gasteiger partial charge in [0.1, 0.15) is 0 Å². The van der Waals surface area contributed by atoms with Crippen LogP contribution in [0.3, 0.4) is 0 Å². The highest BCUT2D eigenvalue weighted by molar-refractivity contribution is 6.05. The number of hydrogen-bond acceptors (Lipinski definition) is 3. The van der Waals surface area contributed by atoms with Gasteiger partial charge in [-0.25, -0.2) is 0 Å². The number of carbonyl (C=O) groups excluding carboxylic acids is 3. The van der Waals surface area contributed by atoms with Crippen LogP contribution in [0.25, 0.3) is 0 Å². The van der Waals surface area contributed by atoms with E-state index in [1.54, 1.807) is 0 Å². The van der Waals surface area contributed by atoms with Crippen LogP contribution in [0.1, 0.15) is 47.2 Å². The molecule has 0 bridgehead atoms. The van der Waals surface area contributed by atoms with Gasteiger partial charge in [0.05, 0.1) is 6.54 Å². The minimum Gasteiger partial charge on any atom is -0.292 e. The number of benzene rings is 1. The molecule has 0 aliphatic carbocycles. The number of amides is 2. The number of Topliss-reactive ketones (excluding diaryl/α,β-unsaturated/α-hetero) is 1. The second-order valence-corrected chi connectivity index (χ2v) is 5.32. The Morgan fingerprint density at radius 2 is 1.70 bits per heavy atom. The first kappa shape index (κ1) is 14.4. The van der Waals surface area contributed by atoms with Crippen LogP contribution in [0.15, 0.2) is 18.2 Å². The van der Waals surface area contributed by atoms with E-state index in [-0.39, 0.29) is 24.1 Å². The van der Waals surface area contributed by atoms with Crippen LogP contribution >= 0.6 is 0 Å². The molecule has 1 saturated heterocycles. The van der Waals surface area contributed by atoms with Crippen molar-refractivity contribution in [2.75, 3.05) is 6.54 Å². The largest absolute Gasteiger partial charge is 0.292 e. The van der Waals surface area contributed by atoms with Gasteiger partial charge in [-0.15, -0.1) is 0 Å². The summed E-state index contributed by atoms with van der Waals surface area (Å²) in [4.78, 5) is 37.3. The van der Waals surface area contributed by atoms with E-state index in [0.29, 0.717) is 18.4 Å². The molecule has 4 heteroatoms. The third-order valence-electron chi connectivity index (χ3n) is 3.63. The van der Waals surface area contributed by atoms with E-state index in [2.05, 4.69) is 0 Å². The number of ketones is 1. The standard InChI is InChI=1S/C16H19NO3/c1-11-7-8-12(2)13(9-11)14(18)10-17-15(19)5-3-4-6-16(17)20/h7-9H,3-6,10H2,1-2H3. The molecular weight excluding hydrogens is 254 g/mol. The van der Waals surface area contributed by atoms with Gasteiger partial charge in [-0.05, 0) is 38.3 Å². The highest BCUT2D eigenvalue weighted by Crippen LogP contribution is 2.16. The Morgan fingerprint density at radius 1 is 1.10 bits per heavy atom. The lowest BCUT2D eigenvalue weighted by Crippen LogP contribution is -2.39. The van der Waals surface area contributed by atoms with Gasteiger partial charge in [-0.1, -0.05) is 17.7 Å². The SMILES string of the molecule is Cc1ccc(C)c(C(=O)CN2C(=O)CCCCC2=O)c1. The summed E-state index contributed by atoms with van der Waals surface area (Å²) in [6.07, 6.45) is 2.15. The molecule has 0 N–H and O–H groups in total. The molecule has 4 nitrogen and oxygen atoms in total. The van der Waals surface area contributed by atoms with Crippen molar-refractivity contribution in [2.45, 2.75) is 39.5 Å². The number of hydrogen-bond donors (Lipinski definition) is 0. The van der Waals surface area contributed by atoms with Gasteiger partial charge in [-0.3, -0.25) is 19.3 Å². The van der Waals surface area contributed by atoms with Gasteiger partial charge in [0, 0.05) is 18.4 Å². The molecule has 1 aromatic carbocycles. The lowest BCUT2D eigenvalue weighted by Gasteiger charge is -2.18. The van der Waals surface area contributed by atoms with E-state index in [9.17, 15) is 14.4 Å². The molecule has 2 rings (SSSR count). The first-order chi connectivity index (χ1) is 9.49. The smallest absolute Gasteiger partial charge is 0.229 e. The molecule has 1 heterocycles. The lowest BCUT2D eigenvalue weighted by atomic mass is 10.0. The van der Waals surface area contributed by atoms with Gasteiger partial charge >= 0.3 is 0 Å². The third-order valence-corrected chi connectivity index (χ3v) is 3.63. The number of rotatable bonds is 3. The van der Waals surface area contributed by atoms with Crippen LogP contribution < -0.4 is 0 Å². The Labute approximate surface area is 118 Å². The molecular formula is C16H19NO3. The van der Waals surface area contributed by atoms with Gasteiger partial charge in [0.25, 0.3) is 0 Å². The molecule has 0 spiro atoms. The van der Waals surface area contributed by atoms with Gasteiger partial charge < -0.3 is 0 Å². The van der Waals surface area contributed by atoms with Crippen LogP contribution in [-0.4, -0.2) is 29.0 Å².